The minimum atomic E-state index is 0.0121. The van der Waals surface area contributed by atoms with Crippen LogP contribution in [0.2, 0.25) is 0 Å². The van der Waals surface area contributed by atoms with Gasteiger partial charge in [-0.3, -0.25) is 4.79 Å². The molecule has 1 saturated heterocycles. The summed E-state index contributed by atoms with van der Waals surface area (Å²) in [4.78, 5) is 14.4. The molecule has 1 heterocycles. The van der Waals surface area contributed by atoms with Gasteiger partial charge in [-0.05, 0) is 76.2 Å². The van der Waals surface area contributed by atoms with Crippen LogP contribution in [0.4, 0.5) is 0 Å². The van der Waals surface area contributed by atoms with Gasteiger partial charge < -0.3 is 10.2 Å². The summed E-state index contributed by atoms with van der Waals surface area (Å²) in [6.45, 7) is 5.06. The normalized spacial score (nSPS) is 25.7. The molecule has 1 N–H and O–H groups in total. The third-order valence-electron chi connectivity index (χ3n) is 5.15. The second-order valence-corrected chi connectivity index (χ2v) is 6.85. The van der Waals surface area contributed by atoms with Gasteiger partial charge in [0.15, 0.2) is 0 Å². The summed E-state index contributed by atoms with van der Waals surface area (Å²) < 4.78 is 0. The fraction of sp³-hybridized carbons (Fsp3) is 0.938. The lowest BCUT2D eigenvalue weighted by molar-refractivity contribution is -0.134. The monoisotopic (exact) mass is 264 g/mol. The van der Waals surface area contributed by atoms with Crippen molar-refractivity contribution in [3.63, 3.8) is 0 Å². The van der Waals surface area contributed by atoms with E-state index < -0.39 is 0 Å². The van der Waals surface area contributed by atoms with Gasteiger partial charge in [-0.1, -0.05) is 0 Å². The number of hydrogen-bond donors (Lipinski definition) is 1. The van der Waals surface area contributed by atoms with E-state index >= 15 is 0 Å². The Morgan fingerprint density at radius 3 is 2.21 bits per heavy atom. The van der Waals surface area contributed by atoms with Crippen molar-refractivity contribution in [2.75, 3.05) is 19.6 Å². The molecule has 1 aliphatic heterocycles. The fourth-order valence-corrected chi connectivity index (χ4v) is 3.56. The molecule has 2 saturated carbocycles. The predicted molar refractivity (Wildman–Crippen MR) is 76.8 cm³/mol. The molecule has 0 aromatic heterocycles. The molecule has 1 atom stereocenters. The van der Waals surface area contributed by atoms with E-state index in [1.165, 1.54) is 44.9 Å². The van der Waals surface area contributed by atoms with E-state index in [1.807, 2.05) is 6.92 Å². The van der Waals surface area contributed by atoms with Crippen molar-refractivity contribution in [2.45, 2.75) is 57.9 Å². The molecular weight excluding hydrogens is 236 g/mol. The van der Waals surface area contributed by atoms with E-state index in [1.54, 1.807) is 0 Å². The van der Waals surface area contributed by atoms with Crippen molar-refractivity contribution in [3.05, 3.63) is 0 Å². The Hall–Kier alpha value is -0.570. The second-order valence-electron chi connectivity index (χ2n) is 6.85. The minimum absolute atomic E-state index is 0.0121. The number of rotatable bonds is 6. The third kappa shape index (κ3) is 3.50. The SMILES string of the molecule is CC(NCC(C1CC1)C1CC1)C(=O)N1CCCCC1. The van der Waals surface area contributed by atoms with Gasteiger partial charge in [0.1, 0.15) is 0 Å². The Morgan fingerprint density at radius 1 is 1.11 bits per heavy atom. The highest BCUT2D eigenvalue weighted by molar-refractivity contribution is 5.81. The maximum Gasteiger partial charge on any atom is 0.239 e. The van der Waals surface area contributed by atoms with E-state index in [-0.39, 0.29) is 6.04 Å². The Labute approximate surface area is 117 Å². The largest absolute Gasteiger partial charge is 0.341 e. The number of amides is 1. The van der Waals surface area contributed by atoms with E-state index in [2.05, 4.69) is 10.2 Å². The lowest BCUT2D eigenvalue weighted by Gasteiger charge is -2.30. The Morgan fingerprint density at radius 2 is 1.68 bits per heavy atom. The Balaban J connectivity index is 1.44. The molecule has 108 valence electrons. The van der Waals surface area contributed by atoms with Crippen LogP contribution in [0, 0.1) is 17.8 Å². The molecule has 1 amide bonds. The van der Waals surface area contributed by atoms with Crippen LogP contribution in [0.5, 0.6) is 0 Å². The molecule has 0 spiro atoms. The highest BCUT2D eigenvalue weighted by Crippen LogP contribution is 2.48. The van der Waals surface area contributed by atoms with Crippen molar-refractivity contribution in [3.8, 4) is 0 Å². The van der Waals surface area contributed by atoms with Gasteiger partial charge in [0.25, 0.3) is 0 Å². The van der Waals surface area contributed by atoms with E-state index in [0.29, 0.717) is 5.91 Å². The van der Waals surface area contributed by atoms with Crippen molar-refractivity contribution < 1.29 is 4.79 Å². The molecule has 2 aliphatic carbocycles. The number of carbonyl (C=O) groups excluding carboxylic acids is 1. The standard InChI is InChI=1S/C16H28N2O/c1-12(16(19)18-9-3-2-4-10-18)17-11-15(13-5-6-13)14-7-8-14/h12-15,17H,2-11H2,1H3. The molecule has 0 aromatic rings. The Kier molecular flexibility index (Phi) is 4.11. The average molecular weight is 264 g/mol. The van der Waals surface area contributed by atoms with Crippen LogP contribution in [0.1, 0.15) is 51.9 Å². The maximum absolute atomic E-state index is 12.3. The van der Waals surface area contributed by atoms with Crippen LogP contribution >= 0.6 is 0 Å². The van der Waals surface area contributed by atoms with Crippen molar-refractivity contribution in [1.29, 1.82) is 0 Å². The van der Waals surface area contributed by atoms with Gasteiger partial charge in [-0.15, -0.1) is 0 Å². The molecule has 3 fully saturated rings. The number of piperidine rings is 1. The molecule has 0 bridgehead atoms. The topological polar surface area (TPSA) is 32.3 Å². The summed E-state index contributed by atoms with van der Waals surface area (Å²) in [7, 11) is 0. The van der Waals surface area contributed by atoms with E-state index in [0.717, 1.165) is 37.4 Å². The first-order valence-electron chi connectivity index (χ1n) is 8.28. The highest BCUT2D eigenvalue weighted by Gasteiger charge is 2.41. The van der Waals surface area contributed by atoms with Crippen molar-refractivity contribution in [1.82, 2.24) is 10.2 Å². The first kappa shape index (κ1) is 13.4. The molecule has 3 aliphatic rings. The first-order chi connectivity index (χ1) is 9.25. The Bertz CT molecular complexity index is 305. The molecule has 3 rings (SSSR count). The summed E-state index contributed by atoms with van der Waals surface area (Å²) in [5, 5.41) is 3.53. The number of likely N-dealkylation sites (tertiary alicyclic amines) is 1. The van der Waals surface area contributed by atoms with Crippen molar-refractivity contribution >= 4 is 5.91 Å². The average Bonchev–Trinajstić information content (AvgIpc) is 3.31. The second kappa shape index (κ2) is 5.82. The van der Waals surface area contributed by atoms with Crippen molar-refractivity contribution in [2.24, 2.45) is 17.8 Å². The summed E-state index contributed by atoms with van der Waals surface area (Å²) in [6.07, 6.45) is 9.37. The highest BCUT2D eigenvalue weighted by atomic mass is 16.2. The van der Waals surface area contributed by atoms with Gasteiger partial charge in [-0.2, -0.15) is 0 Å². The number of nitrogens with one attached hydrogen (secondary N) is 1. The predicted octanol–water partition coefficient (Wildman–Crippen LogP) is 2.41. The summed E-state index contributed by atoms with van der Waals surface area (Å²) in [6, 6.07) is 0.0121. The van der Waals surface area contributed by atoms with Crippen LogP contribution < -0.4 is 5.32 Å². The zero-order valence-electron chi connectivity index (χ0n) is 12.2. The molecule has 3 heteroatoms. The van der Waals surface area contributed by atoms with E-state index in [4.69, 9.17) is 0 Å². The lowest BCUT2D eigenvalue weighted by atomic mass is 9.97. The first-order valence-corrected chi connectivity index (χ1v) is 8.28. The van der Waals surface area contributed by atoms with Crippen LogP contribution in [0.3, 0.4) is 0 Å². The van der Waals surface area contributed by atoms with E-state index in [9.17, 15) is 4.79 Å². The zero-order valence-corrected chi connectivity index (χ0v) is 12.2. The van der Waals surface area contributed by atoms with Gasteiger partial charge in [0.05, 0.1) is 6.04 Å². The van der Waals surface area contributed by atoms with Crippen LogP contribution in [-0.4, -0.2) is 36.5 Å². The van der Waals surface area contributed by atoms with Gasteiger partial charge in [0, 0.05) is 13.1 Å². The van der Waals surface area contributed by atoms with Gasteiger partial charge in [0.2, 0.25) is 5.91 Å². The van der Waals surface area contributed by atoms with Crippen LogP contribution in [0.25, 0.3) is 0 Å². The number of hydrogen-bond acceptors (Lipinski definition) is 2. The number of nitrogens with zero attached hydrogens (tertiary/aromatic N) is 1. The summed E-state index contributed by atoms with van der Waals surface area (Å²) >= 11 is 0. The fourth-order valence-electron chi connectivity index (χ4n) is 3.56. The third-order valence-corrected chi connectivity index (χ3v) is 5.15. The van der Waals surface area contributed by atoms with Gasteiger partial charge in [-0.25, -0.2) is 0 Å². The lowest BCUT2D eigenvalue weighted by Crippen LogP contribution is -2.48. The molecule has 19 heavy (non-hydrogen) atoms. The summed E-state index contributed by atoms with van der Waals surface area (Å²) in [5.41, 5.74) is 0. The van der Waals surface area contributed by atoms with Gasteiger partial charge >= 0.3 is 0 Å². The molecule has 1 unspecified atom stereocenters. The minimum Gasteiger partial charge on any atom is -0.341 e. The summed E-state index contributed by atoms with van der Waals surface area (Å²) in [5.74, 6) is 3.12. The zero-order chi connectivity index (χ0) is 13.2. The molecule has 0 radical (unpaired) electrons. The number of carbonyl (C=O) groups is 1. The molecule has 3 nitrogen and oxygen atoms in total. The smallest absolute Gasteiger partial charge is 0.239 e. The van der Waals surface area contributed by atoms with Crippen LogP contribution in [-0.2, 0) is 4.79 Å². The van der Waals surface area contributed by atoms with Crippen LogP contribution in [0.15, 0.2) is 0 Å². The molecular formula is C16H28N2O. The quantitative estimate of drug-likeness (QED) is 0.799. The molecule has 0 aromatic carbocycles. The maximum atomic E-state index is 12.3.